The molecule has 0 saturated carbocycles. The molecule has 0 fully saturated rings. The van der Waals surface area contributed by atoms with Crippen molar-refractivity contribution in [3.63, 3.8) is 0 Å². The fraction of sp³-hybridized carbons (Fsp3) is 0.333. The van der Waals surface area contributed by atoms with Crippen LogP contribution in [-0.4, -0.2) is 11.6 Å². The minimum atomic E-state index is 0.549. The summed E-state index contributed by atoms with van der Waals surface area (Å²) in [5.41, 5.74) is 0. The monoisotopic (exact) mass is 156 g/mol. The van der Waals surface area contributed by atoms with Gasteiger partial charge >= 0.3 is 0 Å². The molecule has 1 aliphatic heterocycles. The first-order chi connectivity index (χ1) is 4.86. The average Bonchev–Trinajstić information content (AvgIpc) is 2.33. The lowest BCUT2D eigenvalue weighted by molar-refractivity contribution is -0.729. The van der Waals surface area contributed by atoms with Gasteiger partial charge in [0.05, 0.1) is 0 Å². The van der Waals surface area contributed by atoms with Crippen molar-refractivity contribution in [1.82, 2.24) is 5.10 Å². The molecule has 0 aliphatic carbocycles. The highest BCUT2D eigenvalue weighted by molar-refractivity contribution is 6.29. The molecule has 1 aromatic rings. The van der Waals surface area contributed by atoms with Gasteiger partial charge in [0.15, 0.2) is 11.7 Å². The van der Waals surface area contributed by atoms with Crippen molar-refractivity contribution in [2.24, 2.45) is 0 Å². The van der Waals surface area contributed by atoms with Crippen molar-refractivity contribution in [3.05, 3.63) is 17.3 Å². The molecule has 10 heavy (non-hydrogen) atoms. The zero-order chi connectivity index (χ0) is 6.97. The van der Waals surface area contributed by atoms with Crippen molar-refractivity contribution < 1.29 is 4.68 Å². The van der Waals surface area contributed by atoms with Gasteiger partial charge in [0.25, 0.3) is 5.82 Å². The number of fused-ring (bicyclic) bond motifs is 1. The molecule has 2 heterocycles. The molecule has 4 heteroatoms. The summed E-state index contributed by atoms with van der Waals surface area (Å²) in [6, 6.07) is 3.72. The molecular formula is C6H7ClN3+. The number of rotatable bonds is 0. The molecule has 0 unspecified atom stereocenters. The Morgan fingerprint density at radius 1 is 1.60 bits per heavy atom. The molecule has 0 bridgehead atoms. The molecule has 0 amide bonds. The van der Waals surface area contributed by atoms with Crippen LogP contribution in [0.1, 0.15) is 0 Å². The summed E-state index contributed by atoms with van der Waals surface area (Å²) in [5.74, 6) is 1.05. The first-order valence-electron chi connectivity index (χ1n) is 3.17. The van der Waals surface area contributed by atoms with Gasteiger partial charge in [-0.3, -0.25) is 5.32 Å². The third-order valence-corrected chi connectivity index (χ3v) is 1.70. The maximum Gasteiger partial charge on any atom is 0.295 e. The third kappa shape index (κ3) is 0.827. The van der Waals surface area contributed by atoms with Crippen LogP contribution in [0.2, 0.25) is 5.15 Å². The van der Waals surface area contributed by atoms with E-state index in [9.17, 15) is 0 Å². The van der Waals surface area contributed by atoms with Gasteiger partial charge in [-0.1, -0.05) is 16.7 Å². The molecule has 3 nitrogen and oxygen atoms in total. The van der Waals surface area contributed by atoms with E-state index >= 15 is 0 Å². The Kier molecular flexibility index (Phi) is 1.24. The highest BCUT2D eigenvalue weighted by Gasteiger charge is 2.17. The van der Waals surface area contributed by atoms with Gasteiger partial charge < -0.3 is 0 Å². The van der Waals surface area contributed by atoms with Crippen LogP contribution in [0.15, 0.2) is 12.1 Å². The Morgan fingerprint density at radius 3 is 3.40 bits per heavy atom. The van der Waals surface area contributed by atoms with Crippen molar-refractivity contribution >= 4 is 17.4 Å². The molecule has 1 aromatic heterocycles. The highest BCUT2D eigenvalue weighted by Crippen LogP contribution is 2.06. The van der Waals surface area contributed by atoms with E-state index in [1.807, 2.05) is 10.7 Å². The number of nitrogens with one attached hydrogen (secondary N) is 1. The smallest absolute Gasteiger partial charge is 0.269 e. The fourth-order valence-corrected chi connectivity index (χ4v) is 1.20. The second-order valence-electron chi connectivity index (χ2n) is 2.19. The lowest BCUT2D eigenvalue weighted by atomic mass is 10.5. The number of nitrogens with zero attached hydrogens (tertiary/aromatic N) is 2. The van der Waals surface area contributed by atoms with E-state index < -0.39 is 0 Å². The van der Waals surface area contributed by atoms with E-state index in [0.29, 0.717) is 5.15 Å². The minimum absolute atomic E-state index is 0.549. The maximum absolute atomic E-state index is 5.66. The van der Waals surface area contributed by atoms with Crippen LogP contribution in [-0.2, 0) is 6.54 Å². The number of aromatic nitrogens is 2. The Labute approximate surface area is 63.6 Å². The standard InChI is InChI=1S/C6H6ClN3/c7-5-1-2-6-8-3-4-10(6)9-5/h1-2H,3-4H2/p+1. The zero-order valence-electron chi connectivity index (χ0n) is 5.34. The van der Waals surface area contributed by atoms with Crippen LogP contribution >= 0.6 is 11.6 Å². The molecule has 0 radical (unpaired) electrons. The summed E-state index contributed by atoms with van der Waals surface area (Å²) in [4.78, 5) is 0. The van der Waals surface area contributed by atoms with Crippen LogP contribution in [0.25, 0.3) is 0 Å². The summed E-state index contributed by atoms with van der Waals surface area (Å²) in [6.07, 6.45) is 0. The lowest BCUT2D eigenvalue weighted by Gasteiger charge is -1.90. The van der Waals surface area contributed by atoms with Crippen LogP contribution in [0.3, 0.4) is 0 Å². The molecule has 2 rings (SSSR count). The van der Waals surface area contributed by atoms with Crippen LogP contribution in [0, 0.1) is 0 Å². The van der Waals surface area contributed by atoms with E-state index in [0.717, 1.165) is 18.9 Å². The zero-order valence-corrected chi connectivity index (χ0v) is 6.10. The maximum atomic E-state index is 5.66. The third-order valence-electron chi connectivity index (χ3n) is 1.50. The van der Waals surface area contributed by atoms with E-state index in [2.05, 4.69) is 10.4 Å². The number of hydrogen-bond donors (Lipinski definition) is 1. The van der Waals surface area contributed by atoms with Gasteiger partial charge in [-0.2, -0.15) is 0 Å². The molecule has 0 atom stereocenters. The van der Waals surface area contributed by atoms with Crippen molar-refractivity contribution in [2.45, 2.75) is 6.54 Å². The number of halogens is 1. The average molecular weight is 157 g/mol. The first kappa shape index (κ1) is 5.92. The molecular weight excluding hydrogens is 150 g/mol. The van der Waals surface area contributed by atoms with Crippen molar-refractivity contribution in [1.29, 1.82) is 0 Å². The van der Waals surface area contributed by atoms with E-state index in [1.165, 1.54) is 0 Å². The summed E-state index contributed by atoms with van der Waals surface area (Å²) in [6.45, 7) is 1.86. The fourth-order valence-electron chi connectivity index (χ4n) is 1.05. The Morgan fingerprint density at radius 2 is 2.50 bits per heavy atom. The van der Waals surface area contributed by atoms with Crippen molar-refractivity contribution in [2.75, 3.05) is 11.9 Å². The topological polar surface area (TPSA) is 28.8 Å². The Bertz CT molecular complexity index is 261. The second-order valence-corrected chi connectivity index (χ2v) is 2.58. The Hall–Kier alpha value is -0.830. The van der Waals surface area contributed by atoms with E-state index in [4.69, 9.17) is 11.6 Å². The quantitative estimate of drug-likeness (QED) is 0.553. The predicted molar refractivity (Wildman–Crippen MR) is 37.9 cm³/mol. The lowest BCUT2D eigenvalue weighted by Crippen LogP contribution is -2.35. The summed E-state index contributed by atoms with van der Waals surface area (Å²) >= 11 is 5.66. The van der Waals surface area contributed by atoms with Gasteiger partial charge in [-0.05, 0) is 6.07 Å². The van der Waals surface area contributed by atoms with Crippen LogP contribution in [0.4, 0.5) is 5.82 Å². The summed E-state index contributed by atoms with van der Waals surface area (Å²) < 4.78 is 1.86. The summed E-state index contributed by atoms with van der Waals surface area (Å²) in [7, 11) is 0. The van der Waals surface area contributed by atoms with Gasteiger partial charge in [0, 0.05) is 6.07 Å². The highest BCUT2D eigenvalue weighted by atomic mass is 35.5. The van der Waals surface area contributed by atoms with Crippen molar-refractivity contribution in [3.8, 4) is 0 Å². The minimum Gasteiger partial charge on any atom is -0.269 e. The molecule has 0 saturated heterocycles. The van der Waals surface area contributed by atoms with E-state index in [-0.39, 0.29) is 0 Å². The molecule has 0 aromatic carbocycles. The van der Waals surface area contributed by atoms with Gasteiger partial charge in [-0.15, -0.1) is 4.68 Å². The SMILES string of the molecule is Clc1ccc2[n+](n1)CCN2. The predicted octanol–water partition coefficient (Wildman–Crippen LogP) is 0.448. The largest absolute Gasteiger partial charge is 0.295 e. The molecule has 52 valence electrons. The van der Waals surface area contributed by atoms with Gasteiger partial charge in [0.1, 0.15) is 6.54 Å². The normalized spacial score (nSPS) is 14.5. The number of anilines is 1. The number of hydrogen-bond acceptors (Lipinski definition) is 2. The molecule has 1 N–H and O–H groups in total. The van der Waals surface area contributed by atoms with Gasteiger partial charge in [0.2, 0.25) is 0 Å². The van der Waals surface area contributed by atoms with E-state index in [1.54, 1.807) is 6.07 Å². The first-order valence-corrected chi connectivity index (χ1v) is 3.54. The Balaban J connectivity index is 2.52. The van der Waals surface area contributed by atoms with Crippen LogP contribution < -0.4 is 10.00 Å². The van der Waals surface area contributed by atoms with Crippen LogP contribution in [0.5, 0.6) is 0 Å². The van der Waals surface area contributed by atoms with Gasteiger partial charge in [-0.25, -0.2) is 0 Å². The second kappa shape index (κ2) is 2.09. The molecule has 1 aliphatic rings. The summed E-state index contributed by atoms with van der Waals surface area (Å²) in [5, 5.41) is 7.79. The molecule has 0 spiro atoms.